The molecule has 0 aliphatic carbocycles. The van der Waals surface area contributed by atoms with Gasteiger partial charge in [-0.15, -0.1) is 5.10 Å². The molecule has 1 aromatic heterocycles. The first-order chi connectivity index (χ1) is 15.9. The Morgan fingerprint density at radius 3 is 2.27 bits per heavy atom. The van der Waals surface area contributed by atoms with Crippen LogP contribution in [0.5, 0.6) is 0 Å². The standard InChI is InChI=1S/C25H26N4O4/c1-29(18-23(30)27-22-13-8-15-26-28-22)16-14-21(17-29)33-24(31)25(32,19-9-4-2-5-10-19)20-11-6-3-7-12-20/h2-13,15,21,32H,14,16-18H2,1H3/p+1/t21-,29?/m1/s1. The lowest BCUT2D eigenvalue weighted by Gasteiger charge is -2.30. The number of anilines is 1. The summed E-state index contributed by atoms with van der Waals surface area (Å²) in [5.74, 6) is -0.510. The number of carbonyl (C=O) groups excluding carboxylic acids is 2. The van der Waals surface area contributed by atoms with E-state index in [0.29, 0.717) is 40.9 Å². The Hall–Kier alpha value is -3.62. The van der Waals surface area contributed by atoms with Gasteiger partial charge in [0.15, 0.2) is 18.5 Å². The zero-order valence-electron chi connectivity index (χ0n) is 18.4. The molecule has 8 heteroatoms. The van der Waals surface area contributed by atoms with Crippen molar-refractivity contribution in [3.8, 4) is 0 Å². The summed E-state index contributed by atoms with van der Waals surface area (Å²) in [6, 6.07) is 21.0. The van der Waals surface area contributed by atoms with E-state index in [4.69, 9.17) is 4.74 Å². The molecule has 1 aliphatic heterocycles. The van der Waals surface area contributed by atoms with Gasteiger partial charge in [-0.05, 0) is 23.3 Å². The van der Waals surface area contributed by atoms with Crippen LogP contribution in [0.15, 0.2) is 79.0 Å². The van der Waals surface area contributed by atoms with Gasteiger partial charge in [-0.1, -0.05) is 60.7 Å². The van der Waals surface area contributed by atoms with Crippen molar-refractivity contribution in [1.82, 2.24) is 10.2 Å². The van der Waals surface area contributed by atoms with Gasteiger partial charge in [-0.2, -0.15) is 5.10 Å². The second-order valence-electron chi connectivity index (χ2n) is 8.60. The van der Waals surface area contributed by atoms with Crippen molar-refractivity contribution in [2.24, 2.45) is 0 Å². The molecule has 2 heterocycles. The minimum atomic E-state index is -1.92. The second kappa shape index (κ2) is 9.48. The summed E-state index contributed by atoms with van der Waals surface area (Å²) in [5, 5.41) is 21.9. The van der Waals surface area contributed by atoms with Crippen LogP contribution in [0, 0.1) is 0 Å². The van der Waals surface area contributed by atoms with Crippen molar-refractivity contribution < 1.29 is 23.9 Å². The summed E-state index contributed by atoms with van der Waals surface area (Å²) in [5.41, 5.74) is -1.03. The highest BCUT2D eigenvalue weighted by molar-refractivity contribution is 5.90. The fourth-order valence-electron chi connectivity index (χ4n) is 4.26. The molecule has 33 heavy (non-hydrogen) atoms. The largest absolute Gasteiger partial charge is 0.453 e. The van der Waals surface area contributed by atoms with Crippen LogP contribution in [0.1, 0.15) is 17.5 Å². The number of hydrogen-bond donors (Lipinski definition) is 2. The van der Waals surface area contributed by atoms with Crippen molar-refractivity contribution in [3.05, 3.63) is 90.1 Å². The highest BCUT2D eigenvalue weighted by Gasteiger charge is 2.45. The molecule has 8 nitrogen and oxygen atoms in total. The summed E-state index contributed by atoms with van der Waals surface area (Å²) >= 11 is 0. The van der Waals surface area contributed by atoms with Gasteiger partial charge >= 0.3 is 5.97 Å². The van der Waals surface area contributed by atoms with Crippen molar-refractivity contribution in [3.63, 3.8) is 0 Å². The SMILES string of the molecule is C[N+]1(CC(=O)Nc2cccnn2)CC[C@@H](OC(=O)C(O)(c2ccccc2)c2ccccc2)C1. The van der Waals surface area contributed by atoms with Crippen LogP contribution < -0.4 is 5.32 Å². The Labute approximate surface area is 192 Å². The Morgan fingerprint density at radius 2 is 1.70 bits per heavy atom. The molecule has 0 saturated carbocycles. The van der Waals surface area contributed by atoms with Crippen molar-refractivity contribution in [2.45, 2.75) is 18.1 Å². The topological polar surface area (TPSA) is 101 Å². The molecule has 1 unspecified atom stereocenters. The van der Waals surface area contributed by atoms with Crippen LogP contribution in [0.25, 0.3) is 0 Å². The number of aromatic nitrogens is 2. The van der Waals surface area contributed by atoms with Gasteiger partial charge in [-0.3, -0.25) is 4.79 Å². The first-order valence-electron chi connectivity index (χ1n) is 10.8. The smallest absolute Gasteiger partial charge is 0.348 e. The molecule has 1 aliphatic rings. The monoisotopic (exact) mass is 447 g/mol. The Balaban J connectivity index is 1.45. The predicted molar refractivity (Wildman–Crippen MR) is 122 cm³/mol. The average Bonchev–Trinajstić information content (AvgIpc) is 3.19. The maximum Gasteiger partial charge on any atom is 0.348 e. The van der Waals surface area contributed by atoms with Crippen LogP contribution in [0.3, 0.4) is 0 Å². The maximum absolute atomic E-state index is 13.3. The van der Waals surface area contributed by atoms with Crippen LogP contribution in [-0.2, 0) is 19.9 Å². The van der Waals surface area contributed by atoms with E-state index in [-0.39, 0.29) is 12.5 Å². The lowest BCUT2D eigenvalue weighted by molar-refractivity contribution is -0.890. The van der Waals surface area contributed by atoms with E-state index >= 15 is 0 Å². The van der Waals surface area contributed by atoms with E-state index in [1.807, 2.05) is 19.2 Å². The third kappa shape index (κ3) is 5.08. The molecule has 2 atom stereocenters. The normalized spacial score (nSPS) is 20.2. The summed E-state index contributed by atoms with van der Waals surface area (Å²) in [6.07, 6.45) is 1.72. The van der Waals surface area contributed by atoms with Gasteiger partial charge in [0.2, 0.25) is 5.60 Å². The molecule has 170 valence electrons. The quantitative estimate of drug-likeness (QED) is 0.425. The number of nitrogens with one attached hydrogen (secondary N) is 1. The molecule has 4 rings (SSSR count). The lowest BCUT2D eigenvalue weighted by Crippen LogP contribution is -2.48. The highest BCUT2D eigenvalue weighted by atomic mass is 16.6. The molecule has 0 bridgehead atoms. The number of likely N-dealkylation sites (N-methyl/N-ethyl adjacent to an activating group) is 1. The molecule has 1 amide bonds. The van der Waals surface area contributed by atoms with Gasteiger partial charge in [-0.25, -0.2) is 4.79 Å². The molecule has 0 radical (unpaired) electrons. The number of carbonyl (C=O) groups is 2. The van der Waals surface area contributed by atoms with E-state index in [1.54, 1.807) is 60.7 Å². The van der Waals surface area contributed by atoms with Gasteiger partial charge in [0.05, 0.1) is 13.6 Å². The fourth-order valence-corrected chi connectivity index (χ4v) is 4.26. The minimum absolute atomic E-state index is 0.185. The molecule has 0 spiro atoms. The molecule has 2 aromatic carbocycles. The highest BCUT2D eigenvalue weighted by Crippen LogP contribution is 2.32. The van der Waals surface area contributed by atoms with E-state index in [0.717, 1.165) is 0 Å². The Bertz CT molecular complexity index is 1060. The Kier molecular flexibility index (Phi) is 6.48. The average molecular weight is 448 g/mol. The fraction of sp³-hybridized carbons (Fsp3) is 0.280. The van der Waals surface area contributed by atoms with Crippen LogP contribution in [-0.4, -0.2) is 64.4 Å². The molecular weight excluding hydrogens is 420 g/mol. The Morgan fingerprint density at radius 1 is 1.06 bits per heavy atom. The zero-order chi connectivity index (χ0) is 23.3. The van der Waals surface area contributed by atoms with E-state index < -0.39 is 17.7 Å². The summed E-state index contributed by atoms with van der Waals surface area (Å²) < 4.78 is 6.24. The number of likely N-dealkylation sites (tertiary alicyclic amines) is 1. The number of amides is 1. The van der Waals surface area contributed by atoms with E-state index in [9.17, 15) is 14.7 Å². The van der Waals surface area contributed by atoms with E-state index in [1.165, 1.54) is 6.20 Å². The molecule has 1 fully saturated rings. The number of rotatable bonds is 7. The number of hydrogen-bond acceptors (Lipinski definition) is 6. The number of benzene rings is 2. The maximum atomic E-state index is 13.3. The first kappa shape index (κ1) is 22.6. The van der Waals surface area contributed by atoms with Crippen molar-refractivity contribution in [2.75, 3.05) is 32.0 Å². The predicted octanol–water partition coefficient (Wildman–Crippen LogP) is 2.11. The lowest BCUT2D eigenvalue weighted by atomic mass is 9.86. The molecule has 1 saturated heterocycles. The number of quaternary nitrogens is 1. The van der Waals surface area contributed by atoms with Crippen molar-refractivity contribution in [1.29, 1.82) is 0 Å². The third-order valence-corrected chi connectivity index (χ3v) is 5.95. The second-order valence-corrected chi connectivity index (χ2v) is 8.60. The summed E-state index contributed by atoms with van der Waals surface area (Å²) in [4.78, 5) is 25.8. The van der Waals surface area contributed by atoms with Crippen LogP contribution >= 0.6 is 0 Å². The van der Waals surface area contributed by atoms with Gasteiger partial charge in [0, 0.05) is 12.6 Å². The summed E-state index contributed by atoms with van der Waals surface area (Å²) in [7, 11) is 1.95. The number of nitrogens with zero attached hydrogens (tertiary/aromatic N) is 3. The zero-order valence-corrected chi connectivity index (χ0v) is 18.4. The number of ether oxygens (including phenoxy) is 1. The van der Waals surface area contributed by atoms with E-state index in [2.05, 4.69) is 15.5 Å². The third-order valence-electron chi connectivity index (χ3n) is 5.95. The van der Waals surface area contributed by atoms with Gasteiger partial charge < -0.3 is 19.6 Å². The van der Waals surface area contributed by atoms with Crippen LogP contribution in [0.2, 0.25) is 0 Å². The minimum Gasteiger partial charge on any atom is -0.453 e. The molecule has 2 N–H and O–H groups in total. The van der Waals surface area contributed by atoms with Gasteiger partial charge in [0.25, 0.3) is 5.91 Å². The van der Waals surface area contributed by atoms with Gasteiger partial charge in [0.1, 0.15) is 6.54 Å². The first-order valence-corrected chi connectivity index (χ1v) is 10.8. The van der Waals surface area contributed by atoms with Crippen LogP contribution in [0.4, 0.5) is 5.82 Å². The summed E-state index contributed by atoms with van der Waals surface area (Å²) in [6.45, 7) is 1.35. The number of esters is 1. The van der Waals surface area contributed by atoms with Crippen molar-refractivity contribution >= 4 is 17.7 Å². The molecular formula is C25H27N4O4+. The number of aliphatic hydroxyl groups is 1. The molecule has 3 aromatic rings.